The molecule has 0 aliphatic rings. The summed E-state index contributed by atoms with van der Waals surface area (Å²) >= 11 is 0. The van der Waals surface area contributed by atoms with E-state index in [2.05, 4.69) is 0 Å². The number of methoxy groups -OCH3 is 3. The van der Waals surface area contributed by atoms with E-state index in [1.807, 2.05) is 6.92 Å². The summed E-state index contributed by atoms with van der Waals surface area (Å²) in [6.45, 7) is 4.00. The van der Waals surface area contributed by atoms with Crippen molar-refractivity contribution < 1.29 is 32.6 Å². The molecule has 0 heterocycles. The minimum absolute atomic E-state index is 0.305. The molecule has 0 aliphatic carbocycles. The van der Waals surface area contributed by atoms with E-state index in [-0.39, 0.29) is 0 Å². The highest BCUT2D eigenvalue weighted by atomic mass is 28.4. The van der Waals surface area contributed by atoms with E-state index in [1.165, 1.54) is 0 Å². The van der Waals surface area contributed by atoms with Crippen LogP contribution in [-0.2, 0) is 27.5 Å². The van der Waals surface area contributed by atoms with Gasteiger partial charge in [-0.05, 0) is 6.42 Å². The molecule has 0 aromatic carbocycles. The van der Waals surface area contributed by atoms with Gasteiger partial charge in [-0.15, -0.1) is 0 Å². The monoisotopic (exact) mass is 312 g/mol. The Bertz CT molecular complexity index is 191. The lowest BCUT2D eigenvalue weighted by atomic mass is 10.5. The van der Waals surface area contributed by atoms with Gasteiger partial charge in [-0.2, -0.15) is 0 Å². The van der Waals surface area contributed by atoms with Crippen LogP contribution in [0.3, 0.4) is 0 Å². The second kappa shape index (κ2) is 12.7. The predicted octanol–water partition coefficient (Wildman–Crippen LogP) is 0.224. The first kappa shape index (κ1) is 19.9. The van der Waals surface area contributed by atoms with Crippen molar-refractivity contribution in [3.8, 4) is 0 Å². The summed E-state index contributed by atoms with van der Waals surface area (Å²) in [5.74, 6) is 0. The highest BCUT2D eigenvalue weighted by molar-refractivity contribution is 6.62. The van der Waals surface area contributed by atoms with Gasteiger partial charge in [-0.25, -0.2) is 0 Å². The standard InChI is InChI=1S/C12H28O7Si/c1-5-12(13)20(17-9-6-14-2,18-10-7-15-3)19-11-8-16-4/h12-13H,5-11H2,1-4H3. The Morgan fingerprint density at radius 3 is 1.35 bits per heavy atom. The average Bonchev–Trinajstić information content (AvgIpc) is 2.46. The van der Waals surface area contributed by atoms with E-state index in [4.69, 9.17) is 27.5 Å². The van der Waals surface area contributed by atoms with E-state index in [1.54, 1.807) is 21.3 Å². The SMILES string of the molecule is CCC(O)[Si](OCCOC)(OCCOC)OCCOC. The molecule has 7 nitrogen and oxygen atoms in total. The van der Waals surface area contributed by atoms with Crippen LogP contribution >= 0.6 is 0 Å². The van der Waals surface area contributed by atoms with Gasteiger partial charge in [-0.3, -0.25) is 0 Å². The number of aliphatic hydroxyl groups is 1. The van der Waals surface area contributed by atoms with Crippen molar-refractivity contribution in [3.63, 3.8) is 0 Å². The number of ether oxygens (including phenoxy) is 3. The van der Waals surface area contributed by atoms with E-state index >= 15 is 0 Å². The molecule has 0 fully saturated rings. The quantitative estimate of drug-likeness (QED) is 0.363. The van der Waals surface area contributed by atoms with Crippen molar-refractivity contribution in [1.29, 1.82) is 0 Å². The molecule has 1 atom stereocenters. The van der Waals surface area contributed by atoms with E-state index in [0.717, 1.165) is 0 Å². The Morgan fingerprint density at radius 2 is 1.10 bits per heavy atom. The molecule has 0 saturated carbocycles. The number of rotatable bonds is 14. The molecule has 0 radical (unpaired) electrons. The Morgan fingerprint density at radius 1 is 0.750 bits per heavy atom. The molecule has 20 heavy (non-hydrogen) atoms. The van der Waals surface area contributed by atoms with Crippen LogP contribution in [0.1, 0.15) is 13.3 Å². The molecular formula is C12H28O7Si. The Balaban J connectivity index is 4.66. The fourth-order valence-corrected chi connectivity index (χ4v) is 3.90. The van der Waals surface area contributed by atoms with Gasteiger partial charge in [0.05, 0.1) is 39.6 Å². The molecule has 0 bridgehead atoms. The topological polar surface area (TPSA) is 75.6 Å². The normalized spacial score (nSPS) is 13.7. The molecule has 0 amide bonds. The van der Waals surface area contributed by atoms with Gasteiger partial charge in [0.2, 0.25) is 0 Å². The van der Waals surface area contributed by atoms with Crippen LogP contribution in [0, 0.1) is 0 Å². The summed E-state index contributed by atoms with van der Waals surface area (Å²) in [4.78, 5) is 0. The first-order chi connectivity index (χ1) is 9.66. The van der Waals surface area contributed by atoms with Crippen molar-refractivity contribution in [3.05, 3.63) is 0 Å². The molecule has 0 saturated heterocycles. The van der Waals surface area contributed by atoms with E-state index in [9.17, 15) is 5.11 Å². The minimum Gasteiger partial charge on any atom is -0.389 e. The second-order valence-electron chi connectivity index (χ2n) is 4.05. The van der Waals surface area contributed by atoms with Gasteiger partial charge in [0.15, 0.2) is 0 Å². The number of hydrogen-bond donors (Lipinski definition) is 1. The third-order valence-corrected chi connectivity index (χ3v) is 5.61. The molecule has 122 valence electrons. The van der Waals surface area contributed by atoms with Gasteiger partial charge >= 0.3 is 8.80 Å². The Hall–Kier alpha value is -0.0631. The molecule has 0 aliphatic heterocycles. The second-order valence-corrected chi connectivity index (χ2v) is 6.79. The van der Waals surface area contributed by atoms with Crippen molar-refractivity contribution in [1.82, 2.24) is 0 Å². The van der Waals surface area contributed by atoms with Crippen LogP contribution in [-0.4, -0.2) is 80.6 Å². The van der Waals surface area contributed by atoms with Crippen molar-refractivity contribution >= 4 is 8.80 Å². The van der Waals surface area contributed by atoms with Crippen LogP contribution < -0.4 is 0 Å². The molecule has 0 aromatic heterocycles. The lowest BCUT2D eigenvalue weighted by Gasteiger charge is -2.32. The maximum Gasteiger partial charge on any atom is 0.531 e. The summed E-state index contributed by atoms with van der Waals surface area (Å²) in [7, 11) is 1.56. The molecule has 0 aromatic rings. The van der Waals surface area contributed by atoms with Crippen molar-refractivity contribution in [2.45, 2.75) is 19.1 Å². The van der Waals surface area contributed by atoms with Gasteiger partial charge in [0.25, 0.3) is 0 Å². The fourth-order valence-electron chi connectivity index (χ4n) is 1.47. The molecule has 0 rings (SSSR count). The molecule has 1 unspecified atom stereocenters. The largest absolute Gasteiger partial charge is 0.531 e. The smallest absolute Gasteiger partial charge is 0.389 e. The zero-order chi connectivity index (χ0) is 15.3. The van der Waals surface area contributed by atoms with Gasteiger partial charge in [0.1, 0.15) is 5.73 Å². The van der Waals surface area contributed by atoms with E-state index < -0.39 is 14.5 Å². The summed E-state index contributed by atoms with van der Waals surface area (Å²) in [5.41, 5.74) is -0.784. The zero-order valence-corrected chi connectivity index (χ0v) is 13.9. The highest BCUT2D eigenvalue weighted by Crippen LogP contribution is 2.17. The summed E-state index contributed by atoms with van der Waals surface area (Å²) in [6, 6.07) is 0. The van der Waals surface area contributed by atoms with Gasteiger partial charge < -0.3 is 32.6 Å². The summed E-state index contributed by atoms with van der Waals surface area (Å²) in [6.07, 6.45) is 0.485. The van der Waals surface area contributed by atoms with Crippen molar-refractivity contribution in [2.24, 2.45) is 0 Å². The molecule has 8 heteroatoms. The summed E-state index contributed by atoms with van der Waals surface area (Å²) < 4.78 is 32.0. The number of hydrogen-bond acceptors (Lipinski definition) is 7. The first-order valence-electron chi connectivity index (χ1n) is 6.73. The molecular weight excluding hydrogens is 284 g/mol. The highest BCUT2D eigenvalue weighted by Gasteiger charge is 2.48. The minimum atomic E-state index is -3.20. The third-order valence-electron chi connectivity index (χ3n) is 2.57. The Kier molecular flexibility index (Phi) is 12.6. The maximum atomic E-state index is 10.2. The molecule has 0 spiro atoms. The first-order valence-corrected chi connectivity index (χ1v) is 8.53. The van der Waals surface area contributed by atoms with E-state index in [0.29, 0.717) is 46.1 Å². The zero-order valence-electron chi connectivity index (χ0n) is 12.9. The third kappa shape index (κ3) is 7.65. The maximum absolute atomic E-state index is 10.2. The van der Waals surface area contributed by atoms with Crippen LogP contribution in [0.5, 0.6) is 0 Å². The van der Waals surface area contributed by atoms with Gasteiger partial charge in [0, 0.05) is 21.3 Å². The lowest BCUT2D eigenvalue weighted by Crippen LogP contribution is -2.57. The van der Waals surface area contributed by atoms with Crippen molar-refractivity contribution in [2.75, 3.05) is 61.0 Å². The Labute approximate surface area is 122 Å². The van der Waals surface area contributed by atoms with Crippen LogP contribution in [0.2, 0.25) is 0 Å². The molecule has 1 N–H and O–H groups in total. The lowest BCUT2D eigenvalue weighted by molar-refractivity contribution is -0.0163. The van der Waals surface area contributed by atoms with Gasteiger partial charge in [-0.1, -0.05) is 6.92 Å². The fraction of sp³-hybridized carbons (Fsp3) is 1.00. The summed E-state index contributed by atoms with van der Waals surface area (Å²) in [5, 5.41) is 10.2. The van der Waals surface area contributed by atoms with Crippen LogP contribution in [0.15, 0.2) is 0 Å². The van der Waals surface area contributed by atoms with Crippen LogP contribution in [0.4, 0.5) is 0 Å². The van der Waals surface area contributed by atoms with Crippen LogP contribution in [0.25, 0.3) is 0 Å². The average molecular weight is 312 g/mol. The predicted molar refractivity (Wildman–Crippen MR) is 75.5 cm³/mol. The number of aliphatic hydroxyl groups excluding tert-OH is 1.